The molecule has 1 fully saturated rings. The zero-order chi connectivity index (χ0) is 15.2. The van der Waals surface area contributed by atoms with E-state index in [1.807, 2.05) is 31.2 Å². The lowest BCUT2D eigenvalue weighted by molar-refractivity contribution is 0.0399. The Bertz CT molecular complexity index is 429. The number of para-hydroxylation sites is 1. The third-order valence-corrected chi connectivity index (χ3v) is 4.13. The van der Waals surface area contributed by atoms with Crippen molar-refractivity contribution in [3.8, 4) is 5.75 Å². The minimum atomic E-state index is -0.435. The maximum atomic E-state index is 10.1. The van der Waals surface area contributed by atoms with E-state index in [9.17, 15) is 5.11 Å². The van der Waals surface area contributed by atoms with E-state index < -0.39 is 6.10 Å². The zero-order valence-corrected chi connectivity index (χ0v) is 13.5. The van der Waals surface area contributed by atoms with Gasteiger partial charge in [0.25, 0.3) is 0 Å². The van der Waals surface area contributed by atoms with Crippen LogP contribution < -0.4 is 4.74 Å². The van der Waals surface area contributed by atoms with Crippen molar-refractivity contribution < 1.29 is 9.84 Å². The number of aryl methyl sites for hydroxylation is 1. The van der Waals surface area contributed by atoms with Gasteiger partial charge < -0.3 is 9.84 Å². The fourth-order valence-electron chi connectivity index (χ4n) is 2.72. The summed E-state index contributed by atoms with van der Waals surface area (Å²) >= 11 is 0. The number of hydrogen-bond donors (Lipinski definition) is 1. The molecule has 4 heteroatoms. The number of benzene rings is 1. The van der Waals surface area contributed by atoms with Gasteiger partial charge in [-0.3, -0.25) is 9.80 Å². The number of hydrogen-bond acceptors (Lipinski definition) is 4. The summed E-state index contributed by atoms with van der Waals surface area (Å²) in [4.78, 5) is 4.80. The van der Waals surface area contributed by atoms with Crippen LogP contribution in [-0.4, -0.2) is 66.4 Å². The summed E-state index contributed by atoms with van der Waals surface area (Å²) in [5.74, 6) is 0.862. The lowest BCUT2D eigenvalue weighted by atomic mass is 10.2. The molecule has 0 radical (unpaired) electrons. The zero-order valence-electron chi connectivity index (χ0n) is 13.5. The van der Waals surface area contributed by atoms with E-state index in [0.717, 1.165) is 37.5 Å². The Morgan fingerprint density at radius 1 is 1.14 bits per heavy atom. The van der Waals surface area contributed by atoms with Crippen LogP contribution in [0.4, 0.5) is 0 Å². The van der Waals surface area contributed by atoms with Crippen LogP contribution in [0.3, 0.4) is 0 Å². The lowest BCUT2D eigenvalue weighted by Crippen LogP contribution is -2.51. The first kappa shape index (κ1) is 16.3. The molecule has 1 aromatic carbocycles. The second-order valence-electron chi connectivity index (χ2n) is 6.16. The summed E-state index contributed by atoms with van der Waals surface area (Å²) in [7, 11) is 0. The summed E-state index contributed by atoms with van der Waals surface area (Å²) in [6.45, 7) is 11.8. The Hall–Kier alpha value is -1.10. The van der Waals surface area contributed by atoms with Crippen molar-refractivity contribution in [3.63, 3.8) is 0 Å². The van der Waals surface area contributed by atoms with E-state index in [0.29, 0.717) is 19.2 Å². The highest BCUT2D eigenvalue weighted by Gasteiger charge is 2.20. The van der Waals surface area contributed by atoms with Crippen LogP contribution in [0, 0.1) is 6.92 Å². The summed E-state index contributed by atoms with van der Waals surface area (Å²) in [5.41, 5.74) is 1.11. The molecule has 2 rings (SSSR count). The minimum Gasteiger partial charge on any atom is -0.491 e. The first-order chi connectivity index (χ1) is 10.1. The molecule has 0 aromatic heterocycles. The van der Waals surface area contributed by atoms with Crippen molar-refractivity contribution in [1.29, 1.82) is 0 Å². The lowest BCUT2D eigenvalue weighted by Gasteiger charge is -2.37. The van der Waals surface area contributed by atoms with E-state index in [1.54, 1.807) is 0 Å². The SMILES string of the molecule is Cc1ccccc1OCC(O)CN1CCN(C(C)C)CC1. The molecule has 0 spiro atoms. The van der Waals surface area contributed by atoms with Gasteiger partial charge in [0.15, 0.2) is 0 Å². The Morgan fingerprint density at radius 3 is 2.43 bits per heavy atom. The fourth-order valence-corrected chi connectivity index (χ4v) is 2.72. The van der Waals surface area contributed by atoms with Crippen molar-refractivity contribution in [2.75, 3.05) is 39.3 Å². The monoisotopic (exact) mass is 292 g/mol. The van der Waals surface area contributed by atoms with Crippen LogP contribution in [0.15, 0.2) is 24.3 Å². The number of aliphatic hydroxyl groups excluding tert-OH is 1. The molecule has 4 nitrogen and oxygen atoms in total. The maximum Gasteiger partial charge on any atom is 0.122 e. The predicted octanol–water partition coefficient (Wildman–Crippen LogP) is 1.76. The van der Waals surface area contributed by atoms with Crippen LogP contribution >= 0.6 is 0 Å². The largest absolute Gasteiger partial charge is 0.491 e. The van der Waals surface area contributed by atoms with E-state index in [2.05, 4.69) is 23.6 Å². The topological polar surface area (TPSA) is 35.9 Å². The van der Waals surface area contributed by atoms with Crippen molar-refractivity contribution >= 4 is 0 Å². The van der Waals surface area contributed by atoms with E-state index >= 15 is 0 Å². The Morgan fingerprint density at radius 2 is 1.81 bits per heavy atom. The number of aliphatic hydroxyl groups is 1. The molecule has 1 unspecified atom stereocenters. The first-order valence-corrected chi connectivity index (χ1v) is 7.89. The molecule has 1 atom stereocenters. The molecule has 1 N–H and O–H groups in total. The number of rotatable bonds is 6. The van der Waals surface area contributed by atoms with Gasteiger partial charge in [0.1, 0.15) is 18.5 Å². The average Bonchev–Trinajstić information content (AvgIpc) is 2.47. The predicted molar refractivity (Wildman–Crippen MR) is 85.8 cm³/mol. The van der Waals surface area contributed by atoms with Crippen LogP contribution in [0.2, 0.25) is 0 Å². The number of ether oxygens (including phenoxy) is 1. The highest BCUT2D eigenvalue weighted by Crippen LogP contribution is 2.16. The van der Waals surface area contributed by atoms with E-state index in [-0.39, 0.29) is 0 Å². The van der Waals surface area contributed by atoms with Gasteiger partial charge in [0.05, 0.1) is 0 Å². The molecular formula is C17H28N2O2. The Kier molecular flexibility index (Phi) is 6.03. The summed E-state index contributed by atoms with van der Waals surface area (Å²) in [6.07, 6.45) is -0.435. The van der Waals surface area contributed by atoms with Gasteiger partial charge >= 0.3 is 0 Å². The van der Waals surface area contributed by atoms with E-state index in [1.165, 1.54) is 0 Å². The highest BCUT2D eigenvalue weighted by molar-refractivity contribution is 5.31. The molecule has 0 amide bonds. The van der Waals surface area contributed by atoms with Crippen LogP contribution in [0.1, 0.15) is 19.4 Å². The summed E-state index contributed by atoms with van der Waals surface area (Å²) in [6, 6.07) is 8.53. The van der Waals surface area contributed by atoms with Gasteiger partial charge in [-0.25, -0.2) is 0 Å². The molecule has 0 bridgehead atoms. The highest BCUT2D eigenvalue weighted by atomic mass is 16.5. The van der Waals surface area contributed by atoms with Crippen molar-refractivity contribution in [2.24, 2.45) is 0 Å². The van der Waals surface area contributed by atoms with Crippen molar-refractivity contribution in [3.05, 3.63) is 29.8 Å². The van der Waals surface area contributed by atoms with E-state index in [4.69, 9.17) is 4.74 Å². The van der Waals surface area contributed by atoms with Gasteiger partial charge in [-0.05, 0) is 32.4 Å². The number of nitrogens with zero attached hydrogens (tertiary/aromatic N) is 2. The van der Waals surface area contributed by atoms with Gasteiger partial charge in [0.2, 0.25) is 0 Å². The standard InChI is InChI=1S/C17H28N2O2/c1-14(2)19-10-8-18(9-11-19)12-16(20)13-21-17-7-5-4-6-15(17)3/h4-7,14,16,20H,8-13H2,1-3H3. The number of piperazine rings is 1. The van der Waals surface area contributed by atoms with Crippen LogP contribution in [-0.2, 0) is 0 Å². The smallest absolute Gasteiger partial charge is 0.122 e. The summed E-state index contributed by atoms with van der Waals surface area (Å²) in [5, 5.41) is 10.1. The normalized spacial score (nSPS) is 18.9. The second kappa shape index (κ2) is 7.78. The van der Waals surface area contributed by atoms with Gasteiger partial charge in [-0.2, -0.15) is 0 Å². The van der Waals surface area contributed by atoms with Crippen LogP contribution in [0.25, 0.3) is 0 Å². The minimum absolute atomic E-state index is 0.356. The molecule has 1 heterocycles. The van der Waals surface area contributed by atoms with Gasteiger partial charge in [0, 0.05) is 38.8 Å². The van der Waals surface area contributed by atoms with Gasteiger partial charge in [-0.15, -0.1) is 0 Å². The molecule has 1 aliphatic rings. The van der Waals surface area contributed by atoms with Crippen LogP contribution in [0.5, 0.6) is 5.75 Å². The van der Waals surface area contributed by atoms with Crippen molar-refractivity contribution in [1.82, 2.24) is 9.80 Å². The molecule has 0 saturated carbocycles. The Labute approximate surface area is 128 Å². The Balaban J connectivity index is 1.71. The third kappa shape index (κ3) is 4.99. The fraction of sp³-hybridized carbons (Fsp3) is 0.647. The van der Waals surface area contributed by atoms with Gasteiger partial charge in [-0.1, -0.05) is 18.2 Å². The molecule has 1 aliphatic heterocycles. The second-order valence-corrected chi connectivity index (χ2v) is 6.16. The molecule has 0 aliphatic carbocycles. The molecular weight excluding hydrogens is 264 g/mol. The van der Waals surface area contributed by atoms with Crippen molar-refractivity contribution in [2.45, 2.75) is 32.9 Å². The average molecular weight is 292 g/mol. The molecule has 1 aromatic rings. The summed E-state index contributed by atoms with van der Waals surface area (Å²) < 4.78 is 5.71. The molecule has 21 heavy (non-hydrogen) atoms. The number of β-amino-alcohol motifs (C(OH)–C–C–N with tert-alkyl or cyclic N) is 1. The maximum absolute atomic E-state index is 10.1. The third-order valence-electron chi connectivity index (χ3n) is 4.13. The first-order valence-electron chi connectivity index (χ1n) is 7.89. The quantitative estimate of drug-likeness (QED) is 0.867. The molecule has 1 saturated heterocycles. The molecule has 118 valence electrons.